The van der Waals surface area contributed by atoms with Crippen LogP contribution in [0.3, 0.4) is 0 Å². The molecule has 0 atom stereocenters. The Morgan fingerprint density at radius 3 is 3.00 bits per heavy atom. The zero-order valence-electron chi connectivity index (χ0n) is 7.80. The largest absolute Gasteiger partial charge is 0.449 e. The first kappa shape index (κ1) is 10.2. The van der Waals surface area contributed by atoms with Crippen molar-refractivity contribution in [2.45, 2.75) is 6.92 Å². The maximum atomic E-state index is 10.8. The van der Waals surface area contributed by atoms with E-state index in [1.54, 1.807) is 31.5 Å². The average Bonchev–Trinajstić information content (AvgIpc) is 2.20. The van der Waals surface area contributed by atoms with E-state index < -0.39 is 6.09 Å². The first-order chi connectivity index (χ1) is 6.83. The molecule has 0 bridgehead atoms. The van der Waals surface area contributed by atoms with Gasteiger partial charge in [-0.25, -0.2) is 10.2 Å². The van der Waals surface area contributed by atoms with E-state index >= 15 is 0 Å². The van der Waals surface area contributed by atoms with Crippen molar-refractivity contribution < 1.29 is 9.53 Å². The van der Waals surface area contributed by atoms with Gasteiger partial charge in [0.1, 0.15) is 0 Å². The summed E-state index contributed by atoms with van der Waals surface area (Å²) in [4.78, 5) is 14.6. The molecule has 0 fully saturated rings. The number of hydrogen-bond donors (Lipinski definition) is 1. The van der Waals surface area contributed by atoms with Crippen LogP contribution in [0.25, 0.3) is 0 Å². The lowest BCUT2D eigenvalue weighted by Gasteiger charge is -1.98. The summed E-state index contributed by atoms with van der Waals surface area (Å²) < 4.78 is 4.60. The third-order valence-electron chi connectivity index (χ3n) is 1.35. The highest BCUT2D eigenvalue weighted by atomic mass is 16.5. The Morgan fingerprint density at radius 1 is 1.64 bits per heavy atom. The van der Waals surface area contributed by atoms with Crippen LogP contribution in [0.4, 0.5) is 4.79 Å². The molecule has 1 amide bonds. The molecular formula is C9H11N3O2. The molecule has 0 radical (unpaired) electrons. The van der Waals surface area contributed by atoms with E-state index in [0.29, 0.717) is 6.61 Å². The van der Waals surface area contributed by atoms with Gasteiger partial charge in [-0.1, -0.05) is 0 Å². The Balaban J connectivity index is 2.38. The fourth-order valence-corrected chi connectivity index (χ4v) is 0.772. The van der Waals surface area contributed by atoms with Crippen molar-refractivity contribution in [2.75, 3.05) is 6.61 Å². The molecule has 0 aliphatic rings. The second-order valence-corrected chi connectivity index (χ2v) is 2.37. The number of rotatable bonds is 3. The lowest BCUT2D eigenvalue weighted by molar-refractivity contribution is 0.152. The zero-order valence-corrected chi connectivity index (χ0v) is 7.80. The fourth-order valence-electron chi connectivity index (χ4n) is 0.772. The van der Waals surface area contributed by atoms with Crippen LogP contribution in [-0.4, -0.2) is 23.9 Å². The van der Waals surface area contributed by atoms with E-state index in [1.165, 1.54) is 6.21 Å². The number of carbonyl (C=O) groups excluding carboxylic acids is 1. The Bertz CT molecular complexity index is 311. The smallest absolute Gasteiger partial charge is 0.427 e. The quantitative estimate of drug-likeness (QED) is 0.578. The molecule has 1 N–H and O–H groups in total. The topological polar surface area (TPSA) is 63.6 Å². The second kappa shape index (κ2) is 5.69. The Labute approximate surface area is 81.8 Å². The highest BCUT2D eigenvalue weighted by Gasteiger charge is 1.94. The minimum Gasteiger partial charge on any atom is -0.449 e. The Morgan fingerprint density at radius 2 is 2.36 bits per heavy atom. The number of aromatic nitrogens is 1. The first-order valence-corrected chi connectivity index (χ1v) is 4.18. The van der Waals surface area contributed by atoms with Gasteiger partial charge in [0, 0.05) is 12.4 Å². The van der Waals surface area contributed by atoms with E-state index in [-0.39, 0.29) is 0 Å². The number of carbonyl (C=O) groups is 1. The van der Waals surface area contributed by atoms with Crippen molar-refractivity contribution in [1.29, 1.82) is 0 Å². The van der Waals surface area contributed by atoms with Gasteiger partial charge in [-0.05, 0) is 24.6 Å². The molecule has 74 valence electrons. The molecule has 1 heterocycles. The highest BCUT2D eigenvalue weighted by Crippen LogP contribution is 1.90. The van der Waals surface area contributed by atoms with Crippen molar-refractivity contribution >= 4 is 12.3 Å². The van der Waals surface area contributed by atoms with E-state index in [9.17, 15) is 4.79 Å². The molecule has 5 heteroatoms. The molecule has 0 saturated heterocycles. The molecule has 1 aromatic heterocycles. The fraction of sp³-hybridized carbons (Fsp3) is 0.222. The van der Waals surface area contributed by atoms with Gasteiger partial charge >= 0.3 is 6.09 Å². The molecule has 5 nitrogen and oxygen atoms in total. The van der Waals surface area contributed by atoms with Crippen LogP contribution in [0.2, 0.25) is 0 Å². The summed E-state index contributed by atoms with van der Waals surface area (Å²) in [5, 5.41) is 3.68. The number of hydrazone groups is 1. The van der Waals surface area contributed by atoms with Gasteiger partial charge in [0.05, 0.1) is 12.8 Å². The van der Waals surface area contributed by atoms with Crippen LogP contribution in [0, 0.1) is 0 Å². The van der Waals surface area contributed by atoms with Crippen LogP contribution in [-0.2, 0) is 4.74 Å². The Hall–Kier alpha value is -1.91. The maximum Gasteiger partial charge on any atom is 0.427 e. The molecule has 0 saturated carbocycles. The summed E-state index contributed by atoms with van der Waals surface area (Å²) in [6.45, 7) is 2.06. The number of ether oxygens (including phenoxy) is 1. The highest BCUT2D eigenvalue weighted by molar-refractivity contribution is 5.80. The van der Waals surface area contributed by atoms with E-state index in [4.69, 9.17) is 0 Å². The molecular weight excluding hydrogens is 182 g/mol. The standard InChI is InChI=1S/C9H11N3O2/c1-2-14-9(13)12-11-7-8-3-5-10-6-4-8/h3-7H,2H2,1H3,(H,12,13)/b11-7+. The van der Waals surface area contributed by atoms with E-state index in [2.05, 4.69) is 20.2 Å². The van der Waals surface area contributed by atoms with Gasteiger partial charge in [0.2, 0.25) is 0 Å². The summed E-state index contributed by atoms with van der Waals surface area (Å²) in [6, 6.07) is 3.55. The van der Waals surface area contributed by atoms with Crippen LogP contribution in [0.15, 0.2) is 29.6 Å². The van der Waals surface area contributed by atoms with Crippen molar-refractivity contribution in [2.24, 2.45) is 5.10 Å². The molecule has 1 aromatic rings. The first-order valence-electron chi connectivity index (χ1n) is 4.18. The number of pyridine rings is 1. The van der Waals surface area contributed by atoms with Gasteiger partial charge < -0.3 is 4.74 Å². The van der Waals surface area contributed by atoms with Crippen LogP contribution in [0.5, 0.6) is 0 Å². The second-order valence-electron chi connectivity index (χ2n) is 2.37. The summed E-state index contributed by atoms with van der Waals surface area (Å²) in [7, 11) is 0. The number of hydrogen-bond acceptors (Lipinski definition) is 4. The van der Waals surface area contributed by atoms with Crippen LogP contribution >= 0.6 is 0 Å². The zero-order chi connectivity index (χ0) is 10.2. The summed E-state index contributed by atoms with van der Waals surface area (Å²) in [5.74, 6) is 0. The van der Waals surface area contributed by atoms with Gasteiger partial charge in [-0.3, -0.25) is 4.98 Å². The monoisotopic (exact) mass is 193 g/mol. The molecule has 0 unspecified atom stereocenters. The predicted molar refractivity (Wildman–Crippen MR) is 52.0 cm³/mol. The number of nitrogens with zero attached hydrogens (tertiary/aromatic N) is 2. The normalized spacial score (nSPS) is 10.1. The van der Waals surface area contributed by atoms with Crippen molar-refractivity contribution in [3.8, 4) is 0 Å². The minimum atomic E-state index is -0.558. The van der Waals surface area contributed by atoms with Gasteiger partial charge in [-0.15, -0.1) is 0 Å². The molecule has 14 heavy (non-hydrogen) atoms. The molecule has 1 rings (SSSR count). The van der Waals surface area contributed by atoms with Gasteiger partial charge in [0.25, 0.3) is 0 Å². The molecule has 0 spiro atoms. The SMILES string of the molecule is CCOC(=O)N/N=C/c1ccncc1. The molecule has 0 aliphatic heterocycles. The van der Waals surface area contributed by atoms with Crippen molar-refractivity contribution in [3.63, 3.8) is 0 Å². The van der Waals surface area contributed by atoms with E-state index in [1.807, 2.05) is 0 Å². The third-order valence-corrected chi connectivity index (χ3v) is 1.35. The lowest BCUT2D eigenvalue weighted by atomic mass is 10.3. The number of nitrogens with one attached hydrogen (secondary N) is 1. The molecule has 0 aromatic carbocycles. The van der Waals surface area contributed by atoms with Crippen LogP contribution in [0.1, 0.15) is 12.5 Å². The van der Waals surface area contributed by atoms with Gasteiger partial charge in [0.15, 0.2) is 0 Å². The Kier molecular flexibility index (Phi) is 4.13. The predicted octanol–water partition coefficient (Wildman–Crippen LogP) is 1.16. The summed E-state index contributed by atoms with van der Waals surface area (Å²) >= 11 is 0. The summed E-state index contributed by atoms with van der Waals surface area (Å²) in [6.07, 6.45) is 4.24. The lowest BCUT2D eigenvalue weighted by Crippen LogP contribution is -2.18. The maximum absolute atomic E-state index is 10.8. The van der Waals surface area contributed by atoms with Crippen molar-refractivity contribution in [3.05, 3.63) is 30.1 Å². The number of amides is 1. The minimum absolute atomic E-state index is 0.330. The third kappa shape index (κ3) is 3.66. The summed E-state index contributed by atoms with van der Waals surface area (Å²) in [5.41, 5.74) is 3.08. The van der Waals surface area contributed by atoms with Crippen LogP contribution < -0.4 is 5.43 Å². The van der Waals surface area contributed by atoms with E-state index in [0.717, 1.165) is 5.56 Å². The average molecular weight is 193 g/mol. The molecule has 0 aliphatic carbocycles. The van der Waals surface area contributed by atoms with Gasteiger partial charge in [-0.2, -0.15) is 5.10 Å². The van der Waals surface area contributed by atoms with Crippen molar-refractivity contribution in [1.82, 2.24) is 10.4 Å².